The van der Waals surface area contributed by atoms with E-state index in [1.54, 1.807) is 6.07 Å². The van der Waals surface area contributed by atoms with Crippen molar-refractivity contribution in [3.05, 3.63) is 24.2 Å². The third kappa shape index (κ3) is 2.61. The van der Waals surface area contributed by atoms with Crippen LogP contribution in [0.4, 0.5) is 0 Å². The summed E-state index contributed by atoms with van der Waals surface area (Å²) in [7, 11) is -2.49. The molecule has 0 bridgehead atoms. The zero-order valence-corrected chi connectivity index (χ0v) is 9.77. The molecule has 1 unspecified atom stereocenters. The molecule has 6 nitrogen and oxygen atoms in total. The van der Waals surface area contributed by atoms with Gasteiger partial charge in [0.05, 0.1) is 12.5 Å². The smallest absolute Gasteiger partial charge is 0.323 e. The highest BCUT2D eigenvalue weighted by molar-refractivity contribution is 7.90. The first-order valence-corrected chi connectivity index (χ1v) is 6.05. The second-order valence-electron chi connectivity index (χ2n) is 3.41. The van der Waals surface area contributed by atoms with E-state index in [0.717, 1.165) is 11.2 Å². The maximum absolute atomic E-state index is 11.7. The van der Waals surface area contributed by atoms with Crippen molar-refractivity contribution in [3.8, 4) is 0 Å². The summed E-state index contributed by atoms with van der Waals surface area (Å²) in [4.78, 5) is 10.6. The predicted octanol–water partition coefficient (Wildman–Crippen LogP) is 0.514. The monoisotopic (exact) mass is 247 g/mol. The summed E-state index contributed by atoms with van der Waals surface area (Å²) in [6.07, 6.45) is 2.84. The minimum Gasteiger partial charge on any atom is -0.480 e. The van der Waals surface area contributed by atoms with Crippen molar-refractivity contribution in [2.45, 2.75) is 18.7 Å². The van der Waals surface area contributed by atoms with Crippen LogP contribution in [0.25, 0.3) is 0 Å². The second kappa shape index (κ2) is 4.67. The van der Waals surface area contributed by atoms with Crippen LogP contribution in [0, 0.1) is 0 Å². The molecule has 0 amide bonds. The molecule has 1 atom stereocenters. The van der Waals surface area contributed by atoms with Crippen molar-refractivity contribution in [2.24, 2.45) is 0 Å². The first kappa shape index (κ1) is 12.7. The second-order valence-corrected chi connectivity index (χ2v) is 5.77. The first-order valence-electron chi connectivity index (χ1n) is 4.54. The van der Waals surface area contributed by atoms with Crippen molar-refractivity contribution in [2.75, 3.05) is 7.05 Å². The van der Waals surface area contributed by atoms with Crippen LogP contribution in [0.15, 0.2) is 23.0 Å². The molecular formula is C9H13NO5S. The lowest BCUT2D eigenvalue weighted by Gasteiger charge is -2.18. The maximum Gasteiger partial charge on any atom is 0.323 e. The summed E-state index contributed by atoms with van der Waals surface area (Å²) in [5.74, 6) is -1.36. The predicted molar refractivity (Wildman–Crippen MR) is 56.2 cm³/mol. The van der Waals surface area contributed by atoms with Gasteiger partial charge < -0.3 is 9.52 Å². The Labute approximate surface area is 93.5 Å². The van der Waals surface area contributed by atoms with E-state index in [4.69, 9.17) is 9.52 Å². The molecule has 0 spiro atoms. The molecule has 0 saturated heterocycles. The van der Waals surface area contributed by atoms with Crippen LogP contribution in [0.1, 0.15) is 12.5 Å². The molecule has 1 N–H and O–H groups in total. The van der Waals surface area contributed by atoms with Gasteiger partial charge in [-0.15, -0.1) is 0 Å². The number of aliphatic carboxylic acids is 1. The van der Waals surface area contributed by atoms with Crippen molar-refractivity contribution in [1.29, 1.82) is 0 Å². The van der Waals surface area contributed by atoms with Gasteiger partial charge in [0.2, 0.25) is 10.0 Å². The van der Waals surface area contributed by atoms with Gasteiger partial charge in [0.1, 0.15) is 0 Å². The van der Waals surface area contributed by atoms with E-state index in [9.17, 15) is 13.2 Å². The molecule has 0 aromatic carbocycles. The number of carbonyl (C=O) groups is 1. The van der Waals surface area contributed by atoms with Crippen LogP contribution < -0.4 is 0 Å². The van der Waals surface area contributed by atoms with Crippen LogP contribution in [-0.4, -0.2) is 36.1 Å². The molecule has 0 aliphatic carbocycles. The summed E-state index contributed by atoms with van der Waals surface area (Å²) in [6, 6.07) is 1.62. The highest BCUT2D eigenvalue weighted by Gasteiger charge is 2.31. The maximum atomic E-state index is 11.7. The molecule has 1 aromatic heterocycles. The Morgan fingerprint density at radius 3 is 2.69 bits per heavy atom. The van der Waals surface area contributed by atoms with Gasteiger partial charge in [-0.1, -0.05) is 0 Å². The fourth-order valence-corrected chi connectivity index (χ4v) is 2.25. The topological polar surface area (TPSA) is 87.8 Å². The number of nitrogens with zero attached hydrogens (tertiary/aromatic N) is 1. The van der Waals surface area contributed by atoms with E-state index >= 15 is 0 Å². The number of furan rings is 1. The molecule has 90 valence electrons. The number of hydrogen-bond donors (Lipinski definition) is 1. The van der Waals surface area contributed by atoms with E-state index in [1.807, 2.05) is 0 Å². The number of hydrogen-bond acceptors (Lipinski definition) is 4. The Hall–Kier alpha value is -1.34. The van der Waals surface area contributed by atoms with E-state index in [-0.39, 0.29) is 6.54 Å². The lowest BCUT2D eigenvalue weighted by atomic mass is 10.3. The number of carboxylic acid groups (broad SMARTS) is 1. The van der Waals surface area contributed by atoms with Gasteiger partial charge in [-0.2, -0.15) is 4.31 Å². The number of carboxylic acids is 1. The molecule has 0 aliphatic heterocycles. The number of rotatable bonds is 5. The highest BCUT2D eigenvalue weighted by Crippen LogP contribution is 2.12. The Bertz CT molecular complexity index is 450. The van der Waals surface area contributed by atoms with E-state index in [0.29, 0.717) is 5.56 Å². The quantitative estimate of drug-likeness (QED) is 0.819. The summed E-state index contributed by atoms with van der Waals surface area (Å²) >= 11 is 0. The van der Waals surface area contributed by atoms with Gasteiger partial charge >= 0.3 is 5.97 Å². The van der Waals surface area contributed by atoms with Gasteiger partial charge in [0, 0.05) is 19.2 Å². The van der Waals surface area contributed by atoms with Crippen LogP contribution in [0.3, 0.4) is 0 Å². The van der Waals surface area contributed by atoms with Crippen LogP contribution in [-0.2, 0) is 21.4 Å². The molecule has 1 rings (SSSR count). The van der Waals surface area contributed by atoms with Gasteiger partial charge in [0.15, 0.2) is 5.25 Å². The summed E-state index contributed by atoms with van der Waals surface area (Å²) in [6.45, 7) is 1.24. The summed E-state index contributed by atoms with van der Waals surface area (Å²) in [5.41, 5.74) is 0.670. The normalized spacial score (nSPS) is 13.9. The van der Waals surface area contributed by atoms with Crippen molar-refractivity contribution in [1.82, 2.24) is 4.31 Å². The molecule has 16 heavy (non-hydrogen) atoms. The molecule has 0 aliphatic rings. The van der Waals surface area contributed by atoms with E-state index in [2.05, 4.69) is 0 Å². The lowest BCUT2D eigenvalue weighted by molar-refractivity contribution is -0.136. The average Bonchev–Trinajstić information content (AvgIpc) is 2.68. The average molecular weight is 247 g/mol. The minimum atomic E-state index is -3.82. The zero-order valence-electron chi connectivity index (χ0n) is 8.95. The molecule has 7 heteroatoms. The molecule has 1 aromatic rings. The van der Waals surface area contributed by atoms with Gasteiger partial charge in [-0.05, 0) is 13.0 Å². The summed E-state index contributed by atoms with van der Waals surface area (Å²) in [5, 5.41) is 7.21. The van der Waals surface area contributed by atoms with Gasteiger partial charge in [0.25, 0.3) is 0 Å². The van der Waals surface area contributed by atoms with Crippen molar-refractivity contribution >= 4 is 16.0 Å². The van der Waals surface area contributed by atoms with Gasteiger partial charge in [-0.3, -0.25) is 4.79 Å². The molecule has 1 heterocycles. The largest absolute Gasteiger partial charge is 0.480 e. The Kier molecular flexibility index (Phi) is 3.71. The summed E-state index contributed by atoms with van der Waals surface area (Å²) < 4.78 is 29.2. The van der Waals surface area contributed by atoms with Crippen LogP contribution in [0.5, 0.6) is 0 Å². The Morgan fingerprint density at radius 1 is 1.62 bits per heavy atom. The third-order valence-electron chi connectivity index (χ3n) is 2.21. The SMILES string of the molecule is CC(C(=O)O)S(=O)(=O)N(C)Cc1ccoc1. The lowest BCUT2D eigenvalue weighted by Crippen LogP contribution is -2.38. The zero-order chi connectivity index (χ0) is 12.3. The fraction of sp³-hybridized carbons (Fsp3) is 0.444. The molecule has 0 saturated carbocycles. The van der Waals surface area contributed by atoms with Crippen molar-refractivity contribution in [3.63, 3.8) is 0 Å². The minimum absolute atomic E-state index is 0.0937. The van der Waals surface area contributed by atoms with Gasteiger partial charge in [-0.25, -0.2) is 8.42 Å². The fourth-order valence-electron chi connectivity index (χ4n) is 1.13. The Balaban J connectivity index is 2.81. The molecule has 0 radical (unpaired) electrons. The Morgan fingerprint density at radius 2 is 2.25 bits per heavy atom. The highest BCUT2D eigenvalue weighted by atomic mass is 32.2. The molecule has 0 fully saturated rings. The van der Waals surface area contributed by atoms with Crippen LogP contribution in [0.2, 0.25) is 0 Å². The van der Waals surface area contributed by atoms with Crippen LogP contribution >= 0.6 is 0 Å². The first-order chi connectivity index (χ1) is 7.35. The number of sulfonamides is 1. The van der Waals surface area contributed by atoms with Crippen molar-refractivity contribution < 1.29 is 22.7 Å². The van der Waals surface area contributed by atoms with E-state index < -0.39 is 21.2 Å². The van der Waals surface area contributed by atoms with E-state index in [1.165, 1.54) is 19.6 Å². The third-order valence-corrected chi connectivity index (χ3v) is 4.31. The molecular weight excluding hydrogens is 234 g/mol. The standard InChI is InChI=1S/C9H13NO5S/c1-7(9(11)12)16(13,14)10(2)5-8-3-4-15-6-8/h3-4,6-7H,5H2,1-2H3,(H,11,12).